The van der Waals surface area contributed by atoms with Crippen molar-refractivity contribution in [2.24, 2.45) is 0 Å². The molecule has 0 saturated carbocycles. The first kappa shape index (κ1) is 16.0. The van der Waals surface area contributed by atoms with E-state index >= 15 is 0 Å². The normalized spacial score (nSPS) is 12.2. The van der Waals surface area contributed by atoms with E-state index in [1.54, 1.807) is 18.2 Å². The monoisotopic (exact) mass is 350 g/mol. The Morgan fingerprint density at radius 2 is 2.05 bits per heavy atom. The maximum absolute atomic E-state index is 11.9. The Kier molecular flexibility index (Phi) is 4.98. The summed E-state index contributed by atoms with van der Waals surface area (Å²) < 4.78 is 28.1. The molecule has 0 atom stereocenters. The third kappa shape index (κ3) is 3.94. The van der Waals surface area contributed by atoms with Crippen LogP contribution in [0.4, 0.5) is 0 Å². The number of sulfone groups is 1. The van der Waals surface area contributed by atoms with Gasteiger partial charge in [-0.1, -0.05) is 22.0 Å². The van der Waals surface area contributed by atoms with Crippen LogP contribution in [0.3, 0.4) is 0 Å². The summed E-state index contributed by atoms with van der Waals surface area (Å²) in [6, 6.07) is 6.97. The minimum Gasteiger partial charge on any atom is -0.492 e. The summed E-state index contributed by atoms with van der Waals surface area (Å²) in [5.74, 6) is -1.19. The minimum absolute atomic E-state index is 0.0878. The molecule has 0 aliphatic carbocycles. The lowest BCUT2D eigenvalue weighted by molar-refractivity contribution is -0.139. The largest absolute Gasteiger partial charge is 0.492 e. The van der Waals surface area contributed by atoms with Gasteiger partial charge in [0.1, 0.15) is 12.4 Å². The fraction of sp³-hybridized carbons (Fsp3) is 0.417. The maximum Gasteiger partial charge on any atom is 0.324 e. The van der Waals surface area contributed by atoms with Crippen LogP contribution in [0, 0.1) is 0 Å². The molecule has 1 N–H and O–H groups in total. The number of carbonyl (C=O) groups is 1. The topological polar surface area (TPSA) is 80.7 Å². The van der Waals surface area contributed by atoms with Crippen molar-refractivity contribution in [2.75, 3.05) is 12.4 Å². The zero-order valence-electron chi connectivity index (χ0n) is 10.6. The van der Waals surface area contributed by atoms with Crippen LogP contribution < -0.4 is 4.74 Å². The molecule has 0 unspecified atom stereocenters. The zero-order valence-corrected chi connectivity index (χ0v) is 13.0. The Bertz CT molecular complexity index is 565. The van der Waals surface area contributed by atoms with Crippen molar-refractivity contribution in [1.82, 2.24) is 0 Å². The molecule has 0 radical (unpaired) electrons. The number of rotatable bonds is 6. The number of ether oxygens (including phenoxy) is 1. The smallest absolute Gasteiger partial charge is 0.324 e. The Morgan fingerprint density at radius 1 is 1.42 bits per heavy atom. The highest BCUT2D eigenvalue weighted by molar-refractivity contribution is 9.10. The van der Waals surface area contributed by atoms with Gasteiger partial charge >= 0.3 is 5.97 Å². The fourth-order valence-corrected chi connectivity index (χ4v) is 2.67. The van der Waals surface area contributed by atoms with Gasteiger partial charge in [-0.15, -0.1) is 0 Å². The van der Waals surface area contributed by atoms with Crippen molar-refractivity contribution in [3.8, 4) is 5.75 Å². The summed E-state index contributed by atoms with van der Waals surface area (Å²) >= 11 is 3.27. The third-order valence-electron chi connectivity index (χ3n) is 2.71. The van der Waals surface area contributed by atoms with Gasteiger partial charge in [-0.25, -0.2) is 8.42 Å². The van der Waals surface area contributed by atoms with Gasteiger partial charge in [0.2, 0.25) is 0 Å². The van der Waals surface area contributed by atoms with Crippen molar-refractivity contribution < 1.29 is 23.1 Å². The number of benzene rings is 1. The summed E-state index contributed by atoms with van der Waals surface area (Å²) in [4.78, 5) is 10.9. The van der Waals surface area contributed by atoms with Gasteiger partial charge in [-0.05, 0) is 32.0 Å². The van der Waals surface area contributed by atoms with Crippen LogP contribution >= 0.6 is 15.9 Å². The lowest BCUT2D eigenvalue weighted by atomic mass is 10.2. The van der Waals surface area contributed by atoms with Crippen molar-refractivity contribution >= 4 is 31.7 Å². The Labute approximate surface area is 120 Å². The standard InChI is InChI=1S/C12H15BrO5S/c1-12(2,11(14)15)19(16,17)7-6-18-10-5-3-4-9(13)8-10/h3-5,8H,6-7H2,1-2H3,(H,14,15). The molecule has 1 aromatic rings. The first-order chi connectivity index (χ1) is 8.67. The molecule has 1 rings (SSSR count). The van der Waals surface area contributed by atoms with E-state index in [2.05, 4.69) is 15.9 Å². The molecule has 1 aromatic carbocycles. The molecular weight excluding hydrogens is 336 g/mol. The number of halogens is 1. The number of hydrogen-bond acceptors (Lipinski definition) is 4. The van der Waals surface area contributed by atoms with Crippen molar-refractivity contribution in [3.63, 3.8) is 0 Å². The highest BCUT2D eigenvalue weighted by Crippen LogP contribution is 2.20. The van der Waals surface area contributed by atoms with E-state index in [0.29, 0.717) is 5.75 Å². The number of hydrogen-bond donors (Lipinski definition) is 1. The molecule has 0 heterocycles. The van der Waals surface area contributed by atoms with Gasteiger partial charge in [0, 0.05) is 4.47 Å². The van der Waals surface area contributed by atoms with Crippen LogP contribution in [0.1, 0.15) is 13.8 Å². The van der Waals surface area contributed by atoms with E-state index in [-0.39, 0.29) is 12.4 Å². The van der Waals surface area contributed by atoms with Gasteiger partial charge in [-0.3, -0.25) is 4.79 Å². The number of carboxylic acid groups (broad SMARTS) is 1. The van der Waals surface area contributed by atoms with Gasteiger partial charge < -0.3 is 9.84 Å². The Balaban J connectivity index is 2.65. The summed E-state index contributed by atoms with van der Waals surface area (Å²) in [6.45, 7) is 2.25. The number of aliphatic carboxylic acids is 1. The molecule has 0 aliphatic rings. The van der Waals surface area contributed by atoms with Crippen LogP contribution in [0.2, 0.25) is 0 Å². The van der Waals surface area contributed by atoms with Gasteiger partial charge in [0.15, 0.2) is 14.6 Å². The molecule has 0 aliphatic heterocycles. The van der Waals surface area contributed by atoms with Crippen molar-refractivity contribution in [3.05, 3.63) is 28.7 Å². The van der Waals surface area contributed by atoms with Crippen molar-refractivity contribution in [2.45, 2.75) is 18.6 Å². The van der Waals surface area contributed by atoms with E-state index in [1.165, 1.54) is 13.8 Å². The summed E-state index contributed by atoms with van der Waals surface area (Å²) in [7, 11) is -3.78. The van der Waals surface area contributed by atoms with E-state index in [9.17, 15) is 13.2 Å². The average Bonchev–Trinajstić information content (AvgIpc) is 2.28. The lowest BCUT2D eigenvalue weighted by Gasteiger charge is -2.19. The molecule has 19 heavy (non-hydrogen) atoms. The second-order valence-electron chi connectivity index (χ2n) is 4.44. The molecular formula is C12H15BrO5S. The summed E-state index contributed by atoms with van der Waals surface area (Å²) in [5, 5.41) is 8.90. The first-order valence-corrected chi connectivity index (χ1v) is 7.95. The first-order valence-electron chi connectivity index (χ1n) is 5.51. The van der Waals surface area contributed by atoms with Crippen LogP contribution in [0.25, 0.3) is 0 Å². The average molecular weight is 351 g/mol. The Hall–Kier alpha value is -1.08. The highest BCUT2D eigenvalue weighted by atomic mass is 79.9. The minimum atomic E-state index is -3.78. The highest BCUT2D eigenvalue weighted by Gasteiger charge is 2.41. The van der Waals surface area contributed by atoms with Crippen LogP contribution in [-0.4, -0.2) is 36.6 Å². The van der Waals surface area contributed by atoms with E-state index in [0.717, 1.165) is 4.47 Å². The zero-order chi connectivity index (χ0) is 14.7. The third-order valence-corrected chi connectivity index (χ3v) is 5.64. The van der Waals surface area contributed by atoms with Crippen LogP contribution in [0.5, 0.6) is 5.75 Å². The maximum atomic E-state index is 11.9. The molecule has 0 spiro atoms. The van der Waals surface area contributed by atoms with E-state index < -0.39 is 20.6 Å². The number of carboxylic acids is 1. The molecule has 5 nitrogen and oxygen atoms in total. The van der Waals surface area contributed by atoms with Gasteiger partial charge in [0.05, 0.1) is 5.75 Å². The van der Waals surface area contributed by atoms with E-state index in [4.69, 9.17) is 9.84 Å². The molecule has 7 heteroatoms. The van der Waals surface area contributed by atoms with Gasteiger partial charge in [-0.2, -0.15) is 0 Å². The SMILES string of the molecule is CC(C)(C(=O)O)S(=O)(=O)CCOc1cccc(Br)c1. The molecule has 0 fully saturated rings. The second-order valence-corrected chi connectivity index (χ2v) is 8.01. The fourth-order valence-electron chi connectivity index (χ4n) is 1.21. The Morgan fingerprint density at radius 3 is 2.58 bits per heavy atom. The second kappa shape index (κ2) is 5.92. The van der Waals surface area contributed by atoms with Crippen LogP contribution in [-0.2, 0) is 14.6 Å². The van der Waals surface area contributed by atoms with Crippen LogP contribution in [0.15, 0.2) is 28.7 Å². The summed E-state index contributed by atoms with van der Waals surface area (Å²) in [6.07, 6.45) is 0. The lowest BCUT2D eigenvalue weighted by Crippen LogP contribution is -2.42. The predicted octanol–water partition coefficient (Wildman–Crippen LogP) is 2.11. The molecule has 0 amide bonds. The molecule has 106 valence electrons. The quantitative estimate of drug-likeness (QED) is 0.849. The molecule has 0 aromatic heterocycles. The molecule has 0 bridgehead atoms. The van der Waals surface area contributed by atoms with E-state index in [1.807, 2.05) is 6.07 Å². The predicted molar refractivity (Wildman–Crippen MR) is 75.1 cm³/mol. The van der Waals surface area contributed by atoms with Crippen molar-refractivity contribution in [1.29, 1.82) is 0 Å². The molecule has 0 saturated heterocycles. The summed E-state index contributed by atoms with van der Waals surface area (Å²) in [5.41, 5.74) is 0. The van der Waals surface area contributed by atoms with Gasteiger partial charge in [0.25, 0.3) is 0 Å².